The van der Waals surface area contributed by atoms with Gasteiger partial charge in [0.05, 0.1) is 0 Å². The summed E-state index contributed by atoms with van der Waals surface area (Å²) in [6.45, 7) is 3.02. The van der Waals surface area contributed by atoms with E-state index >= 15 is 0 Å². The van der Waals surface area contributed by atoms with Crippen molar-refractivity contribution in [2.45, 2.75) is 19.5 Å². The van der Waals surface area contributed by atoms with Crippen molar-refractivity contribution in [3.63, 3.8) is 0 Å². The zero-order valence-electron chi connectivity index (χ0n) is 9.84. The Morgan fingerprint density at radius 3 is 2.53 bits per heavy atom. The molecule has 1 heterocycles. The molecule has 2 rings (SSSR count). The quantitative estimate of drug-likeness (QED) is 0.898. The fourth-order valence-electron chi connectivity index (χ4n) is 1.63. The van der Waals surface area contributed by atoms with Crippen LogP contribution in [0.25, 0.3) is 0 Å². The summed E-state index contributed by atoms with van der Waals surface area (Å²) in [5.41, 5.74) is 2.52. The van der Waals surface area contributed by atoms with Gasteiger partial charge >= 0.3 is 0 Å². The van der Waals surface area contributed by atoms with Gasteiger partial charge in [0.15, 0.2) is 0 Å². The van der Waals surface area contributed by atoms with Crippen LogP contribution in [0, 0.1) is 0 Å². The molecule has 0 radical (unpaired) electrons. The predicted octanol–water partition coefficient (Wildman–Crippen LogP) is 3.35. The smallest absolute Gasteiger partial charge is 0.0312 e. The number of hydrogen-bond acceptors (Lipinski definition) is 2. The van der Waals surface area contributed by atoms with Gasteiger partial charge in [0.1, 0.15) is 0 Å². The highest BCUT2D eigenvalue weighted by Gasteiger charge is 2.03. The molecule has 1 aromatic heterocycles. The lowest BCUT2D eigenvalue weighted by Gasteiger charge is -2.13. The third-order valence-corrected chi connectivity index (χ3v) is 2.63. The van der Waals surface area contributed by atoms with E-state index in [-0.39, 0.29) is 12.4 Å². The minimum Gasteiger partial charge on any atom is -0.306 e. The van der Waals surface area contributed by atoms with E-state index in [0.717, 1.165) is 6.54 Å². The molecule has 17 heavy (non-hydrogen) atoms. The van der Waals surface area contributed by atoms with Gasteiger partial charge in [0.25, 0.3) is 0 Å². The molecule has 0 bridgehead atoms. The first kappa shape index (κ1) is 13.7. The van der Waals surface area contributed by atoms with E-state index in [4.69, 9.17) is 0 Å². The second kappa shape index (κ2) is 7.05. The fraction of sp³-hybridized carbons (Fsp3) is 0.214. The highest BCUT2D eigenvalue weighted by Crippen LogP contribution is 2.11. The molecule has 0 saturated carbocycles. The topological polar surface area (TPSA) is 24.9 Å². The number of nitrogens with one attached hydrogen (secondary N) is 1. The summed E-state index contributed by atoms with van der Waals surface area (Å²) in [7, 11) is 0. The number of aromatic nitrogens is 1. The van der Waals surface area contributed by atoms with Crippen molar-refractivity contribution >= 4 is 12.4 Å². The van der Waals surface area contributed by atoms with Crippen molar-refractivity contribution in [3.8, 4) is 0 Å². The Hall–Kier alpha value is -1.38. The molecule has 0 aliphatic carbocycles. The summed E-state index contributed by atoms with van der Waals surface area (Å²) < 4.78 is 0. The van der Waals surface area contributed by atoms with Crippen molar-refractivity contribution in [2.24, 2.45) is 0 Å². The van der Waals surface area contributed by atoms with Gasteiger partial charge < -0.3 is 5.32 Å². The standard InChI is InChI=1S/C14H16N2.ClH/c1-12(14-7-3-2-4-8-14)16-11-13-6-5-9-15-10-13;/h2-10,12,16H,11H2,1H3;1H. The van der Waals surface area contributed by atoms with Gasteiger partial charge in [-0.05, 0) is 24.1 Å². The highest BCUT2D eigenvalue weighted by atomic mass is 35.5. The molecular weight excluding hydrogens is 232 g/mol. The Balaban J connectivity index is 0.00000144. The first-order valence-electron chi connectivity index (χ1n) is 5.53. The Bertz CT molecular complexity index is 417. The maximum atomic E-state index is 4.10. The van der Waals surface area contributed by atoms with Gasteiger partial charge in [-0.1, -0.05) is 36.4 Å². The van der Waals surface area contributed by atoms with E-state index in [2.05, 4.69) is 47.6 Å². The van der Waals surface area contributed by atoms with E-state index < -0.39 is 0 Å². The Labute approximate surface area is 109 Å². The molecule has 0 amide bonds. The third kappa shape index (κ3) is 4.17. The Morgan fingerprint density at radius 1 is 1.12 bits per heavy atom. The second-order valence-corrected chi connectivity index (χ2v) is 3.87. The van der Waals surface area contributed by atoms with Gasteiger partial charge in [-0.25, -0.2) is 0 Å². The van der Waals surface area contributed by atoms with Crippen molar-refractivity contribution in [1.29, 1.82) is 0 Å². The van der Waals surface area contributed by atoms with E-state index in [9.17, 15) is 0 Å². The molecule has 0 saturated heterocycles. The minimum absolute atomic E-state index is 0. The molecule has 3 heteroatoms. The van der Waals surface area contributed by atoms with Gasteiger partial charge in [-0.15, -0.1) is 12.4 Å². The Kier molecular flexibility index (Phi) is 5.67. The van der Waals surface area contributed by atoms with Crippen molar-refractivity contribution in [1.82, 2.24) is 10.3 Å². The first-order chi connectivity index (χ1) is 7.86. The lowest BCUT2D eigenvalue weighted by Crippen LogP contribution is -2.17. The van der Waals surface area contributed by atoms with Crippen LogP contribution in [0.3, 0.4) is 0 Å². The van der Waals surface area contributed by atoms with Crippen LogP contribution in [0.15, 0.2) is 54.9 Å². The number of rotatable bonds is 4. The van der Waals surface area contributed by atoms with Crippen molar-refractivity contribution < 1.29 is 0 Å². The summed E-state index contributed by atoms with van der Waals surface area (Å²) in [4.78, 5) is 4.10. The van der Waals surface area contributed by atoms with Crippen LogP contribution in [-0.4, -0.2) is 4.98 Å². The maximum absolute atomic E-state index is 4.10. The summed E-state index contributed by atoms with van der Waals surface area (Å²) in [6.07, 6.45) is 3.69. The third-order valence-electron chi connectivity index (χ3n) is 2.63. The second-order valence-electron chi connectivity index (χ2n) is 3.87. The fourth-order valence-corrected chi connectivity index (χ4v) is 1.63. The van der Waals surface area contributed by atoms with Crippen LogP contribution in [0.5, 0.6) is 0 Å². The van der Waals surface area contributed by atoms with Gasteiger partial charge in [0, 0.05) is 25.0 Å². The summed E-state index contributed by atoms with van der Waals surface area (Å²) in [5.74, 6) is 0. The molecule has 1 aromatic carbocycles. The SMILES string of the molecule is CC(NCc1cccnc1)c1ccccc1.Cl. The van der Waals surface area contributed by atoms with Gasteiger partial charge in [-0.3, -0.25) is 4.98 Å². The lowest BCUT2D eigenvalue weighted by atomic mass is 10.1. The highest BCUT2D eigenvalue weighted by molar-refractivity contribution is 5.85. The van der Waals surface area contributed by atoms with E-state index in [1.54, 1.807) is 6.20 Å². The predicted molar refractivity (Wildman–Crippen MR) is 73.2 cm³/mol. The maximum Gasteiger partial charge on any atom is 0.0312 e. The van der Waals surface area contributed by atoms with E-state index in [0.29, 0.717) is 6.04 Å². The lowest BCUT2D eigenvalue weighted by molar-refractivity contribution is 0.574. The zero-order chi connectivity index (χ0) is 11.2. The first-order valence-corrected chi connectivity index (χ1v) is 5.53. The average molecular weight is 249 g/mol. The Morgan fingerprint density at radius 2 is 1.88 bits per heavy atom. The van der Waals surface area contributed by atoms with Crippen molar-refractivity contribution in [3.05, 3.63) is 66.0 Å². The molecule has 2 aromatic rings. The summed E-state index contributed by atoms with van der Waals surface area (Å²) in [6, 6.07) is 14.9. The minimum atomic E-state index is 0. The molecule has 1 atom stereocenters. The largest absolute Gasteiger partial charge is 0.306 e. The van der Waals surface area contributed by atoms with Crippen LogP contribution in [-0.2, 0) is 6.54 Å². The van der Waals surface area contributed by atoms with E-state index in [1.165, 1.54) is 11.1 Å². The van der Waals surface area contributed by atoms with Crippen LogP contribution in [0.2, 0.25) is 0 Å². The van der Waals surface area contributed by atoms with Crippen LogP contribution in [0.4, 0.5) is 0 Å². The molecule has 0 aliphatic heterocycles. The number of nitrogens with zero attached hydrogens (tertiary/aromatic N) is 1. The average Bonchev–Trinajstić information content (AvgIpc) is 2.38. The molecule has 2 nitrogen and oxygen atoms in total. The molecule has 0 spiro atoms. The normalized spacial score (nSPS) is 11.6. The molecular formula is C14H17ClN2. The molecule has 0 aliphatic rings. The van der Waals surface area contributed by atoms with Crippen LogP contribution < -0.4 is 5.32 Å². The molecule has 0 fully saturated rings. The zero-order valence-corrected chi connectivity index (χ0v) is 10.7. The number of benzene rings is 1. The van der Waals surface area contributed by atoms with Crippen LogP contribution in [0.1, 0.15) is 24.1 Å². The van der Waals surface area contributed by atoms with Gasteiger partial charge in [0.2, 0.25) is 0 Å². The molecule has 1 unspecified atom stereocenters. The van der Waals surface area contributed by atoms with E-state index in [1.807, 2.05) is 18.3 Å². The molecule has 1 N–H and O–H groups in total. The summed E-state index contributed by atoms with van der Waals surface area (Å²) >= 11 is 0. The number of halogens is 1. The summed E-state index contributed by atoms with van der Waals surface area (Å²) in [5, 5.41) is 3.48. The number of hydrogen-bond donors (Lipinski definition) is 1. The monoisotopic (exact) mass is 248 g/mol. The van der Waals surface area contributed by atoms with Crippen molar-refractivity contribution in [2.75, 3.05) is 0 Å². The number of pyridine rings is 1. The van der Waals surface area contributed by atoms with Gasteiger partial charge in [-0.2, -0.15) is 0 Å². The van der Waals surface area contributed by atoms with Crippen LogP contribution >= 0.6 is 12.4 Å². The molecule has 90 valence electrons.